The van der Waals surface area contributed by atoms with Crippen LogP contribution in [-0.4, -0.2) is 113 Å². The minimum atomic E-state index is -0.000122. The molecule has 8 saturated carbocycles. The smallest absolute Gasteiger partial charge is 0.268 e. The van der Waals surface area contributed by atoms with Gasteiger partial charge in [-0.25, -0.2) is 9.97 Å². The van der Waals surface area contributed by atoms with Gasteiger partial charge in [0, 0.05) is 38.6 Å². The van der Waals surface area contributed by atoms with E-state index in [1.807, 2.05) is 90.7 Å². The van der Waals surface area contributed by atoms with Crippen molar-refractivity contribution >= 4 is 34.7 Å². The summed E-state index contributed by atoms with van der Waals surface area (Å²) in [6.07, 6.45) is 20.2. The number of aliphatic hydroxyl groups is 1. The number of amides is 2. The number of pyridine rings is 2. The molecule has 0 radical (unpaired) electrons. The average Bonchev–Trinajstić information content (AvgIpc) is 3.84. The first-order valence-electron chi connectivity index (χ1n) is 23.0. The highest BCUT2D eigenvalue weighted by Gasteiger charge is 2.52. The van der Waals surface area contributed by atoms with E-state index in [4.69, 9.17) is 21.4 Å². The number of fused-ring (bicyclic) bond motifs is 2. The highest BCUT2D eigenvalue weighted by atomic mass is 35.5. The van der Waals surface area contributed by atoms with Gasteiger partial charge in [0.25, 0.3) is 11.8 Å². The van der Waals surface area contributed by atoms with Crippen LogP contribution in [-0.2, 0) is 17.2 Å². The maximum Gasteiger partial charge on any atom is 0.268 e. The lowest BCUT2D eigenvalue weighted by molar-refractivity contribution is -0.0504. The number of aliphatic hydroxyl groups excluding tert-OH is 1. The first kappa shape index (κ1) is 44.1. The van der Waals surface area contributed by atoms with Gasteiger partial charge in [0.05, 0.1) is 37.1 Å². The number of carbonyl (C=O) groups excluding carboxylic acids is 2. The summed E-state index contributed by atoms with van der Waals surface area (Å²) in [4.78, 5) is 39.1. The highest BCUT2D eigenvalue weighted by Crippen LogP contribution is 2.60. The van der Waals surface area contributed by atoms with E-state index in [9.17, 15) is 9.59 Å². The molecule has 0 saturated heterocycles. The summed E-state index contributed by atoms with van der Waals surface area (Å²) >= 11 is 5.89. The van der Waals surface area contributed by atoms with Gasteiger partial charge >= 0.3 is 0 Å². The van der Waals surface area contributed by atoms with E-state index in [0.29, 0.717) is 41.3 Å². The lowest BCUT2D eigenvalue weighted by Crippen LogP contribution is -2.51. The number of nitrogens with one attached hydrogen (secondary N) is 2. The summed E-state index contributed by atoms with van der Waals surface area (Å²) in [5.74, 6) is 5.80. The Hall–Kier alpha value is -3.55. The van der Waals surface area contributed by atoms with Crippen molar-refractivity contribution in [2.75, 3.05) is 67.6 Å². The van der Waals surface area contributed by atoms with Crippen LogP contribution in [0.2, 0.25) is 0 Å². The molecule has 3 N–H and O–H groups in total. The quantitative estimate of drug-likeness (QED) is 0.0922. The molecule has 8 bridgehead atoms. The zero-order valence-corrected chi connectivity index (χ0v) is 37.7. The molecule has 8 aliphatic rings. The van der Waals surface area contributed by atoms with Gasteiger partial charge in [-0.1, -0.05) is 12.1 Å². The van der Waals surface area contributed by atoms with Gasteiger partial charge in [-0.05, 0) is 176 Å². The molecule has 12 rings (SSSR count). The Balaban J connectivity index is 0.000000151. The molecule has 8 fully saturated rings. The Morgan fingerprint density at radius 3 is 1.48 bits per heavy atom. The Bertz CT molecular complexity index is 2060. The van der Waals surface area contributed by atoms with Crippen molar-refractivity contribution in [3.63, 3.8) is 0 Å². The van der Waals surface area contributed by atoms with E-state index in [1.165, 1.54) is 77.0 Å². The summed E-state index contributed by atoms with van der Waals surface area (Å²) in [5, 5.41) is 14.7. The second-order valence-electron chi connectivity index (χ2n) is 20.5. The molecule has 332 valence electrons. The standard InChI is InChI=1S/C24H34N4O2.C20H24ClN3O.C4H11NO/c1-27(2)6-7-30-15-20-14-28-21(4-3-5-22(28)26-20)23(29)25-16-24-11-17-8-18(12-24)10-19(9-17)13-24;21-10-16-11-24-17(2-1-3-18(24)23-16)19(25)22-12-20-7-13-4-14(8-20)6-15(5-13)9-20;1-5(2)3-4-6/h3-5,14,17-19H,6-13,15-16H2,1-2H3,(H,25,29);1-3,11,13-15H,4-10,12H2,(H,22,25);6H,3-4H2,1-2H3. The molecule has 4 aromatic rings. The van der Waals surface area contributed by atoms with E-state index >= 15 is 0 Å². The summed E-state index contributed by atoms with van der Waals surface area (Å²) in [5.41, 5.74) is 5.22. The number of aromatic nitrogens is 4. The van der Waals surface area contributed by atoms with Gasteiger partial charge in [0.1, 0.15) is 22.7 Å². The lowest BCUT2D eigenvalue weighted by Gasteiger charge is -2.56. The topological polar surface area (TPSA) is 129 Å². The molecule has 4 heterocycles. The third-order valence-corrected chi connectivity index (χ3v) is 15.0. The molecular weight excluding hydrogens is 788 g/mol. The van der Waals surface area contributed by atoms with Crippen LogP contribution in [0.1, 0.15) is 109 Å². The maximum atomic E-state index is 13.1. The zero-order valence-electron chi connectivity index (χ0n) is 37.0. The van der Waals surface area contributed by atoms with Crippen LogP contribution in [0.25, 0.3) is 11.3 Å². The molecule has 0 spiro atoms. The number of likely N-dealkylation sites (N-methyl/N-ethyl adjacent to an activating group) is 2. The summed E-state index contributed by atoms with van der Waals surface area (Å²) < 4.78 is 9.48. The number of carbonyl (C=O) groups is 2. The van der Waals surface area contributed by atoms with E-state index in [0.717, 1.165) is 84.4 Å². The first-order chi connectivity index (χ1) is 29.4. The van der Waals surface area contributed by atoms with Crippen LogP contribution in [0.3, 0.4) is 0 Å². The SMILES string of the molecule is CN(C)CCO.CN(C)CCOCc1cn2c(C(=O)NCC34CC5CC(CC(C5)C3)C4)cccc2n1.O=C(NCC12CC3CC(CC(C3)C1)C2)c1cccc2nc(CCl)cn12. The van der Waals surface area contributed by atoms with Gasteiger partial charge in [-0.3, -0.25) is 18.4 Å². The molecule has 61 heavy (non-hydrogen) atoms. The van der Waals surface area contributed by atoms with Crippen LogP contribution in [0.15, 0.2) is 48.8 Å². The number of rotatable bonds is 14. The number of hydrogen-bond donors (Lipinski definition) is 3. The predicted octanol–water partition coefficient (Wildman–Crippen LogP) is 6.92. The van der Waals surface area contributed by atoms with Crippen molar-refractivity contribution in [1.29, 1.82) is 0 Å². The molecule has 0 aliphatic heterocycles. The molecular formula is C48H69ClN8O4. The first-order valence-corrected chi connectivity index (χ1v) is 23.5. The minimum Gasteiger partial charge on any atom is -0.395 e. The van der Waals surface area contributed by atoms with Gasteiger partial charge in [0.15, 0.2) is 0 Å². The van der Waals surface area contributed by atoms with Gasteiger partial charge in [0.2, 0.25) is 0 Å². The fourth-order valence-electron chi connectivity index (χ4n) is 13.0. The van der Waals surface area contributed by atoms with Crippen LogP contribution in [0.4, 0.5) is 0 Å². The van der Waals surface area contributed by atoms with Gasteiger partial charge in [-0.15, -0.1) is 11.6 Å². The monoisotopic (exact) mass is 857 g/mol. The van der Waals surface area contributed by atoms with Crippen molar-refractivity contribution in [2.24, 2.45) is 46.3 Å². The second-order valence-corrected chi connectivity index (χ2v) is 20.7. The van der Waals surface area contributed by atoms with Crippen molar-refractivity contribution < 1.29 is 19.4 Å². The zero-order chi connectivity index (χ0) is 42.7. The van der Waals surface area contributed by atoms with E-state index in [-0.39, 0.29) is 18.4 Å². The molecule has 4 aromatic heterocycles. The highest BCUT2D eigenvalue weighted by molar-refractivity contribution is 6.16. The maximum absolute atomic E-state index is 13.1. The van der Waals surface area contributed by atoms with E-state index in [1.54, 1.807) is 0 Å². The fourth-order valence-corrected chi connectivity index (χ4v) is 13.1. The normalized spacial score (nSPS) is 29.2. The predicted molar refractivity (Wildman–Crippen MR) is 240 cm³/mol. The number of hydrogen-bond acceptors (Lipinski definition) is 8. The van der Waals surface area contributed by atoms with E-state index in [2.05, 4.69) is 25.5 Å². The van der Waals surface area contributed by atoms with Crippen LogP contribution >= 0.6 is 11.6 Å². The van der Waals surface area contributed by atoms with Crippen molar-refractivity contribution in [1.82, 2.24) is 39.2 Å². The molecule has 0 aromatic carbocycles. The Kier molecular flexibility index (Phi) is 13.8. The van der Waals surface area contributed by atoms with Crippen molar-refractivity contribution in [2.45, 2.75) is 89.5 Å². The summed E-state index contributed by atoms with van der Waals surface area (Å²) in [6.45, 7) is 4.67. The molecule has 12 nitrogen and oxygen atoms in total. The summed E-state index contributed by atoms with van der Waals surface area (Å²) in [6, 6.07) is 11.4. The Labute approximate surface area is 367 Å². The number of alkyl halides is 1. The van der Waals surface area contributed by atoms with Gasteiger partial charge < -0.3 is 30.3 Å². The number of imidazole rings is 2. The number of halogens is 1. The van der Waals surface area contributed by atoms with Crippen molar-refractivity contribution in [3.05, 3.63) is 71.6 Å². The van der Waals surface area contributed by atoms with Crippen LogP contribution in [0, 0.1) is 46.3 Å². The molecule has 0 unspecified atom stereocenters. The largest absolute Gasteiger partial charge is 0.395 e. The molecule has 13 heteroatoms. The molecule has 2 amide bonds. The molecule has 8 aliphatic carbocycles. The Morgan fingerprint density at radius 2 is 1.10 bits per heavy atom. The second kappa shape index (κ2) is 19.1. The van der Waals surface area contributed by atoms with Crippen molar-refractivity contribution in [3.8, 4) is 0 Å². The summed E-state index contributed by atoms with van der Waals surface area (Å²) in [7, 11) is 7.91. The number of nitrogens with zero attached hydrogens (tertiary/aromatic N) is 6. The molecule has 0 atom stereocenters. The van der Waals surface area contributed by atoms with E-state index < -0.39 is 0 Å². The van der Waals surface area contributed by atoms with Crippen LogP contribution < -0.4 is 10.6 Å². The number of ether oxygens (including phenoxy) is 1. The third kappa shape index (κ3) is 10.5. The Morgan fingerprint density at radius 1 is 0.689 bits per heavy atom. The third-order valence-electron chi connectivity index (χ3n) is 14.7. The average molecular weight is 858 g/mol. The fraction of sp³-hybridized carbons (Fsp3) is 0.667. The van der Waals surface area contributed by atoms with Gasteiger partial charge in [-0.2, -0.15) is 0 Å². The minimum absolute atomic E-state index is 0.000122. The lowest BCUT2D eigenvalue weighted by atomic mass is 9.49. The van der Waals surface area contributed by atoms with Crippen LogP contribution in [0.5, 0.6) is 0 Å².